The van der Waals surface area contributed by atoms with Gasteiger partial charge in [-0.05, 0) is 18.0 Å². The van der Waals surface area contributed by atoms with Gasteiger partial charge in [-0.3, -0.25) is 4.79 Å². The van der Waals surface area contributed by atoms with Crippen LogP contribution in [0.25, 0.3) is 0 Å². The highest BCUT2D eigenvalue weighted by atomic mass is 16.2. The van der Waals surface area contributed by atoms with Crippen LogP contribution in [-0.2, 0) is 11.3 Å². The lowest BCUT2D eigenvalue weighted by Crippen LogP contribution is -2.30. The van der Waals surface area contributed by atoms with Crippen LogP contribution in [-0.4, -0.2) is 40.0 Å². The van der Waals surface area contributed by atoms with Gasteiger partial charge in [-0.1, -0.05) is 44.2 Å². The number of hydrogen-bond acceptors (Lipinski definition) is 3. The average Bonchev–Trinajstić information content (AvgIpc) is 3.27. The summed E-state index contributed by atoms with van der Waals surface area (Å²) in [6.07, 6.45) is 4.28. The number of likely N-dealkylation sites (tertiary alicyclic amines) is 1. The molecule has 0 saturated carbocycles. The molecular weight excluding hydrogens is 312 g/mol. The van der Waals surface area contributed by atoms with Crippen molar-refractivity contribution in [2.45, 2.75) is 38.6 Å². The van der Waals surface area contributed by atoms with Gasteiger partial charge in [-0.2, -0.15) is 0 Å². The number of hydrogen-bond donors (Lipinski definition) is 1. The predicted molar refractivity (Wildman–Crippen MR) is 99.2 cm³/mol. The van der Waals surface area contributed by atoms with Gasteiger partial charge < -0.3 is 15.2 Å². The number of rotatable bonds is 6. The normalized spacial score (nSPS) is 20.4. The molecule has 2 atom stereocenters. The summed E-state index contributed by atoms with van der Waals surface area (Å²) in [7, 11) is 0. The molecule has 0 unspecified atom stereocenters. The molecule has 1 amide bonds. The van der Waals surface area contributed by atoms with E-state index in [2.05, 4.69) is 47.7 Å². The van der Waals surface area contributed by atoms with Gasteiger partial charge in [0.1, 0.15) is 5.82 Å². The fraction of sp³-hybridized carbons (Fsp3) is 0.500. The van der Waals surface area contributed by atoms with Crippen LogP contribution in [0.3, 0.4) is 0 Å². The summed E-state index contributed by atoms with van der Waals surface area (Å²) in [6, 6.07) is 10.4. The molecule has 0 bridgehead atoms. The zero-order valence-corrected chi connectivity index (χ0v) is 15.1. The van der Waals surface area contributed by atoms with Crippen molar-refractivity contribution in [1.29, 1.82) is 0 Å². The molecule has 1 aliphatic rings. The first-order valence-corrected chi connectivity index (χ1v) is 9.14. The van der Waals surface area contributed by atoms with E-state index < -0.39 is 0 Å². The maximum Gasteiger partial charge on any atom is 0.224 e. The number of amides is 1. The van der Waals surface area contributed by atoms with Crippen molar-refractivity contribution in [3.05, 3.63) is 54.1 Å². The molecule has 0 radical (unpaired) electrons. The second-order valence-corrected chi connectivity index (χ2v) is 7.20. The topological polar surface area (TPSA) is 64.2 Å². The van der Waals surface area contributed by atoms with Crippen LogP contribution in [0.4, 0.5) is 0 Å². The second kappa shape index (κ2) is 7.83. The summed E-state index contributed by atoms with van der Waals surface area (Å²) in [5.41, 5.74) is 7.26. The lowest BCUT2D eigenvalue weighted by atomic mass is 9.89. The quantitative estimate of drug-likeness (QED) is 0.879. The lowest BCUT2D eigenvalue weighted by molar-refractivity contribution is -0.130. The molecule has 134 valence electrons. The molecule has 1 aromatic heterocycles. The van der Waals surface area contributed by atoms with E-state index in [-0.39, 0.29) is 5.91 Å². The zero-order chi connectivity index (χ0) is 17.8. The average molecular weight is 340 g/mol. The zero-order valence-electron chi connectivity index (χ0n) is 15.1. The van der Waals surface area contributed by atoms with Crippen molar-refractivity contribution in [3.8, 4) is 0 Å². The van der Waals surface area contributed by atoms with E-state index in [1.165, 1.54) is 5.56 Å². The van der Waals surface area contributed by atoms with Crippen LogP contribution in [0.1, 0.15) is 43.5 Å². The fourth-order valence-corrected chi connectivity index (χ4v) is 3.78. The number of aryl methyl sites for hydroxylation is 1. The Morgan fingerprint density at radius 3 is 2.72 bits per heavy atom. The van der Waals surface area contributed by atoms with E-state index in [1.807, 2.05) is 23.4 Å². The first-order valence-electron chi connectivity index (χ1n) is 9.14. The third-order valence-corrected chi connectivity index (χ3v) is 5.15. The molecule has 3 rings (SSSR count). The number of carbonyl (C=O) groups is 1. The largest absolute Gasteiger partial charge is 0.342 e. The Morgan fingerprint density at radius 1 is 1.28 bits per heavy atom. The second-order valence-electron chi connectivity index (χ2n) is 7.20. The van der Waals surface area contributed by atoms with Crippen molar-refractivity contribution >= 4 is 5.91 Å². The summed E-state index contributed by atoms with van der Waals surface area (Å²) in [6.45, 7) is 7.07. The van der Waals surface area contributed by atoms with Crippen LogP contribution >= 0.6 is 0 Å². The van der Waals surface area contributed by atoms with E-state index in [0.717, 1.165) is 18.9 Å². The Balaban J connectivity index is 1.62. The smallest absolute Gasteiger partial charge is 0.224 e. The molecule has 5 heteroatoms. The van der Waals surface area contributed by atoms with Crippen molar-refractivity contribution in [2.24, 2.45) is 11.7 Å². The molecule has 1 aliphatic heterocycles. The molecule has 25 heavy (non-hydrogen) atoms. The molecule has 1 fully saturated rings. The molecule has 2 aromatic rings. The summed E-state index contributed by atoms with van der Waals surface area (Å²) in [5, 5.41) is 0. The molecule has 2 heterocycles. The monoisotopic (exact) mass is 340 g/mol. The summed E-state index contributed by atoms with van der Waals surface area (Å²) >= 11 is 0. The summed E-state index contributed by atoms with van der Waals surface area (Å²) in [4.78, 5) is 19.1. The predicted octanol–water partition coefficient (Wildman–Crippen LogP) is 2.60. The maximum absolute atomic E-state index is 12.7. The number of nitrogens with zero attached hydrogens (tertiary/aromatic N) is 3. The van der Waals surface area contributed by atoms with Gasteiger partial charge in [-0.15, -0.1) is 0 Å². The number of nitrogens with two attached hydrogens (primary N) is 1. The molecule has 0 aliphatic carbocycles. The summed E-state index contributed by atoms with van der Waals surface area (Å²) < 4.78 is 2.09. The molecular formula is C20H28N4O. The Bertz CT molecular complexity index is 695. The van der Waals surface area contributed by atoms with E-state index in [1.54, 1.807) is 0 Å². The highest BCUT2D eigenvalue weighted by Gasteiger charge is 2.34. The first-order chi connectivity index (χ1) is 12.1. The number of benzene rings is 1. The number of aromatic nitrogens is 2. The van der Waals surface area contributed by atoms with Crippen molar-refractivity contribution in [3.63, 3.8) is 0 Å². The van der Waals surface area contributed by atoms with Gasteiger partial charge in [0.05, 0.1) is 0 Å². The van der Waals surface area contributed by atoms with E-state index in [9.17, 15) is 4.79 Å². The van der Waals surface area contributed by atoms with Gasteiger partial charge in [0.15, 0.2) is 0 Å². The van der Waals surface area contributed by atoms with E-state index >= 15 is 0 Å². The fourth-order valence-electron chi connectivity index (χ4n) is 3.78. The highest BCUT2D eigenvalue weighted by Crippen LogP contribution is 2.32. The standard InChI is InChI=1S/C20H28N4O/c1-15(2)20-22-9-11-23(20)10-8-19(25)24-13-17(12-21)18(14-24)16-6-4-3-5-7-16/h3-7,9,11,15,17-18H,8,10,12-14,21H2,1-2H3/t17-,18+/m1/s1. The van der Waals surface area contributed by atoms with Crippen molar-refractivity contribution < 1.29 is 4.79 Å². The molecule has 1 aromatic carbocycles. The summed E-state index contributed by atoms with van der Waals surface area (Å²) in [5.74, 6) is 2.29. The minimum absolute atomic E-state index is 0.209. The molecule has 1 saturated heterocycles. The van der Waals surface area contributed by atoms with Gasteiger partial charge >= 0.3 is 0 Å². The first kappa shape index (κ1) is 17.7. The van der Waals surface area contributed by atoms with E-state index in [4.69, 9.17) is 5.73 Å². The van der Waals surface area contributed by atoms with Crippen LogP contribution in [0.5, 0.6) is 0 Å². The molecule has 2 N–H and O–H groups in total. The van der Waals surface area contributed by atoms with Gasteiger partial charge in [0.25, 0.3) is 0 Å². The highest BCUT2D eigenvalue weighted by molar-refractivity contribution is 5.76. The van der Waals surface area contributed by atoms with Crippen LogP contribution < -0.4 is 5.73 Å². The molecule has 5 nitrogen and oxygen atoms in total. The van der Waals surface area contributed by atoms with Crippen LogP contribution in [0.2, 0.25) is 0 Å². The van der Waals surface area contributed by atoms with Gasteiger partial charge in [0, 0.05) is 50.3 Å². The SMILES string of the molecule is CC(C)c1nccn1CCC(=O)N1C[C@@H](CN)[C@H](c2ccccc2)C1. The van der Waals surface area contributed by atoms with Gasteiger partial charge in [-0.25, -0.2) is 4.98 Å². The Kier molecular flexibility index (Phi) is 5.53. The Hall–Kier alpha value is -2.14. The Morgan fingerprint density at radius 2 is 2.04 bits per heavy atom. The number of imidazole rings is 1. The minimum atomic E-state index is 0.209. The molecule has 0 spiro atoms. The maximum atomic E-state index is 12.7. The van der Waals surface area contributed by atoms with Gasteiger partial charge in [0.2, 0.25) is 5.91 Å². The Labute approximate surface area is 149 Å². The minimum Gasteiger partial charge on any atom is -0.342 e. The lowest BCUT2D eigenvalue weighted by Gasteiger charge is -2.17. The number of carbonyl (C=O) groups excluding carboxylic acids is 1. The van der Waals surface area contributed by atoms with Crippen molar-refractivity contribution in [2.75, 3.05) is 19.6 Å². The third-order valence-electron chi connectivity index (χ3n) is 5.15. The van der Waals surface area contributed by atoms with Crippen molar-refractivity contribution in [1.82, 2.24) is 14.5 Å². The van der Waals surface area contributed by atoms with Crippen LogP contribution in [0, 0.1) is 5.92 Å². The van der Waals surface area contributed by atoms with Crippen LogP contribution in [0.15, 0.2) is 42.7 Å². The third kappa shape index (κ3) is 3.93. The van der Waals surface area contributed by atoms with E-state index in [0.29, 0.717) is 37.3 Å².